The van der Waals surface area contributed by atoms with Gasteiger partial charge in [0.25, 0.3) is 0 Å². The number of nitrogens with zero attached hydrogens (tertiary/aromatic N) is 1. The van der Waals surface area contributed by atoms with Crippen LogP contribution in [0.2, 0.25) is 0 Å². The molecule has 0 aliphatic heterocycles. The number of halogens is 1. The van der Waals surface area contributed by atoms with Gasteiger partial charge in [-0.2, -0.15) is 0 Å². The highest BCUT2D eigenvalue weighted by molar-refractivity contribution is 7.30. The fraction of sp³-hybridized carbons (Fsp3) is 0.615. The monoisotopic (exact) mass is 521 g/mol. The summed E-state index contributed by atoms with van der Waals surface area (Å²) in [6, 6.07) is 2.03. The predicted octanol–water partition coefficient (Wildman–Crippen LogP) is 3.93. The Morgan fingerprint density at radius 2 is 2.09 bits per heavy atom. The van der Waals surface area contributed by atoms with Crippen molar-refractivity contribution in [3.8, 4) is 0 Å². The molecule has 2 unspecified atom stereocenters. The standard InChI is InChI=1S/C26H33ClNO4PS/c1-14-8-19-18-5-4-15-9-16(28-22-10-17(33)13-34-22)6-7-23(15,2)25(18,27)20(30)11-24(19,3)26(14,32)21(31)12-29/h6-7,9-10,13-14,18-20,29-30,32H,4-5,8,11-12,33H2,1-3H3/t14-,18-,19-,20-,23-,24?,25-,26-/m0/s1. The normalized spacial score (nSPS) is 46.6. The Bertz CT molecular complexity index is 1130. The van der Waals surface area contributed by atoms with Gasteiger partial charge in [-0.15, -0.1) is 32.2 Å². The minimum Gasteiger partial charge on any atom is -0.391 e. The Kier molecular flexibility index (Phi) is 5.88. The number of thiophene rings is 1. The van der Waals surface area contributed by atoms with Crippen molar-refractivity contribution in [2.45, 2.75) is 63.0 Å². The van der Waals surface area contributed by atoms with E-state index in [1.165, 1.54) is 0 Å². The molecule has 0 bridgehead atoms. The van der Waals surface area contributed by atoms with E-state index in [9.17, 15) is 20.1 Å². The van der Waals surface area contributed by atoms with E-state index in [1.807, 2.05) is 31.4 Å². The number of fused-ring (bicyclic) bond motifs is 5. The zero-order chi connectivity index (χ0) is 24.7. The van der Waals surface area contributed by atoms with Gasteiger partial charge in [-0.1, -0.05) is 32.4 Å². The summed E-state index contributed by atoms with van der Waals surface area (Å²) < 4.78 is 0. The van der Waals surface area contributed by atoms with Gasteiger partial charge in [-0.05, 0) is 67.0 Å². The molecule has 0 amide bonds. The molecule has 5 nitrogen and oxygen atoms in total. The van der Waals surface area contributed by atoms with Gasteiger partial charge in [-0.25, -0.2) is 4.99 Å². The molecule has 184 valence electrons. The number of aliphatic hydroxyl groups is 3. The average Bonchev–Trinajstić information content (AvgIpc) is 3.28. The first-order chi connectivity index (χ1) is 15.9. The molecule has 0 spiro atoms. The lowest BCUT2D eigenvalue weighted by molar-refractivity contribution is -0.179. The maximum Gasteiger partial charge on any atom is 0.190 e. The Balaban J connectivity index is 1.54. The maximum absolute atomic E-state index is 12.8. The van der Waals surface area contributed by atoms with Crippen LogP contribution in [-0.4, -0.2) is 50.0 Å². The molecule has 1 aromatic heterocycles. The van der Waals surface area contributed by atoms with Gasteiger partial charge in [0.05, 0.1) is 16.7 Å². The molecule has 0 aromatic carbocycles. The minimum atomic E-state index is -1.66. The van der Waals surface area contributed by atoms with E-state index in [2.05, 4.69) is 28.3 Å². The summed E-state index contributed by atoms with van der Waals surface area (Å²) in [5.74, 6) is -0.973. The van der Waals surface area contributed by atoms with E-state index in [-0.39, 0.29) is 24.2 Å². The van der Waals surface area contributed by atoms with E-state index < -0.39 is 39.8 Å². The molecule has 4 aliphatic rings. The number of aliphatic imine (C=N–C) groups is 1. The number of aliphatic hydroxyl groups excluding tert-OH is 2. The number of carbonyl (C=O) groups excluding carboxylic acids is 1. The highest BCUT2D eigenvalue weighted by atomic mass is 35.5. The van der Waals surface area contributed by atoms with Crippen molar-refractivity contribution in [1.29, 1.82) is 0 Å². The SMILES string of the molecule is C[C@H]1C[C@H]2[C@@H]3CCC4=CC(=Nc5cc(P)cs5)C=C[C@]4(C)[C@@]3(Cl)[C@@H](O)CC2(C)[C@@]1(O)C(=O)CO. The number of Topliss-reactive ketones (excluding diaryl/α,β-unsaturated/α-hetero) is 1. The van der Waals surface area contributed by atoms with Gasteiger partial charge < -0.3 is 15.3 Å². The van der Waals surface area contributed by atoms with Crippen LogP contribution in [-0.2, 0) is 4.79 Å². The summed E-state index contributed by atoms with van der Waals surface area (Å²) in [7, 11) is 2.69. The van der Waals surface area contributed by atoms with Crippen LogP contribution in [0.3, 0.4) is 0 Å². The number of hydrogen-bond acceptors (Lipinski definition) is 6. The molecule has 9 atom stereocenters. The number of rotatable bonds is 3. The van der Waals surface area contributed by atoms with Gasteiger partial charge in [0, 0.05) is 16.2 Å². The molecule has 3 fully saturated rings. The Morgan fingerprint density at radius 1 is 1.35 bits per heavy atom. The summed E-state index contributed by atoms with van der Waals surface area (Å²) in [4.78, 5) is 16.6. The van der Waals surface area contributed by atoms with Crippen molar-refractivity contribution >= 4 is 54.0 Å². The molecule has 8 heteroatoms. The molecule has 4 aliphatic carbocycles. The molecule has 1 aromatic rings. The van der Waals surface area contributed by atoms with E-state index in [0.717, 1.165) is 34.4 Å². The third kappa shape index (κ3) is 3.06. The van der Waals surface area contributed by atoms with Crippen molar-refractivity contribution in [2.24, 2.45) is 33.6 Å². The molecule has 1 heterocycles. The van der Waals surface area contributed by atoms with Crippen molar-refractivity contribution in [3.05, 3.63) is 35.2 Å². The zero-order valence-electron chi connectivity index (χ0n) is 19.8. The first kappa shape index (κ1) is 24.8. The highest BCUT2D eigenvalue weighted by Crippen LogP contribution is 2.71. The lowest BCUT2D eigenvalue weighted by Crippen LogP contribution is -2.69. The van der Waals surface area contributed by atoms with Crippen LogP contribution < -0.4 is 5.30 Å². The fourth-order valence-electron chi connectivity index (χ4n) is 7.87. The van der Waals surface area contributed by atoms with Crippen LogP contribution in [0, 0.1) is 28.6 Å². The smallest absolute Gasteiger partial charge is 0.190 e. The van der Waals surface area contributed by atoms with Gasteiger partial charge in [0.15, 0.2) is 5.78 Å². The van der Waals surface area contributed by atoms with Crippen LogP contribution in [0.5, 0.6) is 0 Å². The third-order valence-corrected chi connectivity index (χ3v) is 12.0. The molecule has 5 rings (SSSR count). The van der Waals surface area contributed by atoms with Crippen LogP contribution in [0.1, 0.15) is 46.5 Å². The summed E-state index contributed by atoms with van der Waals surface area (Å²) in [6.07, 6.45) is 7.75. The van der Waals surface area contributed by atoms with Crippen LogP contribution in [0.25, 0.3) is 0 Å². The number of ketones is 1. The molecular formula is C26H33ClNO4PS. The summed E-state index contributed by atoms with van der Waals surface area (Å²) in [5.41, 5.74) is -1.03. The van der Waals surface area contributed by atoms with Gasteiger partial charge in [0.1, 0.15) is 17.2 Å². The fourth-order valence-corrected chi connectivity index (χ4v) is 9.56. The summed E-state index contributed by atoms with van der Waals surface area (Å²) in [6.45, 7) is 5.19. The van der Waals surface area contributed by atoms with Gasteiger partial charge >= 0.3 is 0 Å². The molecular weight excluding hydrogens is 489 g/mol. The average molecular weight is 522 g/mol. The van der Waals surface area contributed by atoms with E-state index in [1.54, 1.807) is 11.3 Å². The topological polar surface area (TPSA) is 90.1 Å². The van der Waals surface area contributed by atoms with Crippen molar-refractivity contribution in [2.75, 3.05) is 6.61 Å². The molecule has 0 saturated heterocycles. The van der Waals surface area contributed by atoms with Gasteiger partial charge in [-0.3, -0.25) is 4.79 Å². The Morgan fingerprint density at radius 3 is 2.74 bits per heavy atom. The van der Waals surface area contributed by atoms with E-state index in [4.69, 9.17) is 16.6 Å². The summed E-state index contributed by atoms with van der Waals surface area (Å²) in [5, 5.41) is 37.0. The van der Waals surface area contributed by atoms with E-state index >= 15 is 0 Å². The lowest BCUT2D eigenvalue weighted by Gasteiger charge is -2.64. The first-order valence-corrected chi connectivity index (χ1v) is 13.8. The number of allylic oxidation sites excluding steroid dienone is 4. The second-order valence-electron chi connectivity index (χ2n) is 11.1. The van der Waals surface area contributed by atoms with E-state index in [0.29, 0.717) is 6.42 Å². The molecule has 34 heavy (non-hydrogen) atoms. The van der Waals surface area contributed by atoms with Crippen molar-refractivity contribution < 1.29 is 20.1 Å². The first-order valence-electron chi connectivity index (χ1n) is 12.0. The second kappa shape index (κ2) is 8.06. The number of alkyl halides is 1. The predicted molar refractivity (Wildman–Crippen MR) is 140 cm³/mol. The van der Waals surface area contributed by atoms with Crippen LogP contribution in [0.15, 0.2) is 40.2 Å². The zero-order valence-corrected chi connectivity index (χ0v) is 22.5. The quantitative estimate of drug-likeness (QED) is 0.415. The highest BCUT2D eigenvalue weighted by Gasteiger charge is 2.74. The molecule has 3 saturated carbocycles. The number of carbonyl (C=O) groups is 1. The Labute approximate surface area is 212 Å². The summed E-state index contributed by atoms with van der Waals surface area (Å²) >= 11 is 9.13. The van der Waals surface area contributed by atoms with Crippen molar-refractivity contribution in [1.82, 2.24) is 0 Å². The van der Waals surface area contributed by atoms with Crippen LogP contribution in [0.4, 0.5) is 5.00 Å². The second-order valence-corrected chi connectivity index (χ2v) is 13.3. The Hall–Kier alpha value is -0.880. The van der Waals surface area contributed by atoms with Crippen LogP contribution >= 0.6 is 32.2 Å². The third-order valence-electron chi connectivity index (χ3n) is 9.65. The number of hydrogen-bond donors (Lipinski definition) is 3. The van der Waals surface area contributed by atoms with Crippen molar-refractivity contribution in [3.63, 3.8) is 0 Å². The molecule has 0 radical (unpaired) electrons. The molecule has 3 N–H and O–H groups in total. The largest absolute Gasteiger partial charge is 0.391 e. The minimum absolute atomic E-state index is 0.0302. The lowest BCUT2D eigenvalue weighted by atomic mass is 9.45. The maximum atomic E-state index is 12.8. The van der Waals surface area contributed by atoms with Gasteiger partial charge in [0.2, 0.25) is 0 Å².